The number of benzene rings is 1. The number of nitrogens with zero attached hydrogens (tertiary/aromatic N) is 2. The van der Waals surface area contributed by atoms with Crippen LogP contribution in [0.15, 0.2) is 18.2 Å². The molecule has 0 radical (unpaired) electrons. The van der Waals surface area contributed by atoms with E-state index < -0.39 is 9.85 Å². The van der Waals surface area contributed by atoms with Crippen molar-refractivity contribution in [3.05, 3.63) is 44.0 Å². The van der Waals surface area contributed by atoms with Crippen molar-refractivity contribution in [2.75, 3.05) is 0 Å². The van der Waals surface area contributed by atoms with Gasteiger partial charge in [0.05, 0.1) is 15.9 Å². The number of hydrogen-bond acceptors (Lipinski definition) is 4. The van der Waals surface area contributed by atoms with Crippen molar-refractivity contribution in [2.45, 2.75) is 18.2 Å². The van der Waals surface area contributed by atoms with Crippen molar-refractivity contribution in [1.29, 1.82) is 0 Å². The summed E-state index contributed by atoms with van der Waals surface area (Å²) < 4.78 is 0. The van der Waals surface area contributed by atoms with Crippen LogP contribution in [0.1, 0.15) is 12.5 Å². The highest BCUT2D eigenvalue weighted by Gasteiger charge is 2.19. The van der Waals surface area contributed by atoms with E-state index in [1.165, 1.54) is 12.1 Å². The van der Waals surface area contributed by atoms with E-state index in [-0.39, 0.29) is 16.2 Å². The second-order valence-corrected chi connectivity index (χ2v) is 4.88. The monoisotopic (exact) mass is 288 g/mol. The SMILES string of the molecule is CC(Br)Cc1ccc([N+](=O)[O-])cc1[N+](=O)[O-]. The third-order valence-corrected chi connectivity index (χ3v) is 2.30. The fourth-order valence-corrected chi connectivity index (χ4v) is 1.66. The first-order chi connectivity index (χ1) is 7.41. The summed E-state index contributed by atoms with van der Waals surface area (Å²) >= 11 is 3.29. The first kappa shape index (κ1) is 12.6. The standard InChI is InChI=1S/C9H9BrN2O4/c1-6(10)4-7-2-3-8(11(13)14)5-9(7)12(15)16/h2-3,5-6H,4H2,1H3. The summed E-state index contributed by atoms with van der Waals surface area (Å²) in [5.74, 6) is 0. The molecule has 0 saturated carbocycles. The highest BCUT2D eigenvalue weighted by Crippen LogP contribution is 2.26. The Morgan fingerprint density at radius 2 is 1.94 bits per heavy atom. The van der Waals surface area contributed by atoms with Gasteiger partial charge in [-0.25, -0.2) is 0 Å². The fourth-order valence-electron chi connectivity index (χ4n) is 1.31. The highest BCUT2D eigenvalue weighted by molar-refractivity contribution is 9.09. The molecule has 0 fully saturated rings. The molecule has 0 spiro atoms. The Balaban J connectivity index is 3.19. The third-order valence-electron chi connectivity index (χ3n) is 1.98. The van der Waals surface area contributed by atoms with E-state index in [4.69, 9.17) is 0 Å². The van der Waals surface area contributed by atoms with Crippen LogP contribution in [0.2, 0.25) is 0 Å². The van der Waals surface area contributed by atoms with Crippen molar-refractivity contribution >= 4 is 27.3 Å². The number of rotatable bonds is 4. The van der Waals surface area contributed by atoms with Gasteiger partial charge < -0.3 is 0 Å². The van der Waals surface area contributed by atoms with E-state index in [0.717, 1.165) is 6.07 Å². The minimum Gasteiger partial charge on any atom is -0.258 e. The zero-order valence-electron chi connectivity index (χ0n) is 8.42. The summed E-state index contributed by atoms with van der Waals surface area (Å²) in [6, 6.07) is 3.69. The van der Waals surface area contributed by atoms with E-state index in [0.29, 0.717) is 12.0 Å². The Hall–Kier alpha value is -1.50. The third kappa shape index (κ3) is 2.99. The molecule has 86 valence electrons. The van der Waals surface area contributed by atoms with Crippen LogP contribution >= 0.6 is 15.9 Å². The van der Waals surface area contributed by atoms with Gasteiger partial charge in [0.15, 0.2) is 0 Å². The van der Waals surface area contributed by atoms with Gasteiger partial charge in [-0.05, 0) is 12.5 Å². The van der Waals surface area contributed by atoms with E-state index >= 15 is 0 Å². The number of non-ortho nitro benzene ring substituents is 1. The normalized spacial score (nSPS) is 12.1. The van der Waals surface area contributed by atoms with Gasteiger partial charge in [0.25, 0.3) is 11.4 Å². The first-order valence-corrected chi connectivity index (χ1v) is 5.39. The average molecular weight is 289 g/mol. The zero-order chi connectivity index (χ0) is 12.3. The molecule has 0 aliphatic carbocycles. The van der Waals surface area contributed by atoms with Gasteiger partial charge in [-0.1, -0.05) is 22.9 Å². The molecule has 1 rings (SSSR count). The molecule has 1 aromatic rings. The molecule has 6 nitrogen and oxygen atoms in total. The van der Waals surface area contributed by atoms with Gasteiger partial charge in [-0.2, -0.15) is 0 Å². The molecule has 0 aromatic heterocycles. The lowest BCUT2D eigenvalue weighted by Gasteiger charge is -2.04. The van der Waals surface area contributed by atoms with Gasteiger partial charge in [-0.15, -0.1) is 0 Å². The maximum atomic E-state index is 10.7. The number of hydrogen-bond donors (Lipinski definition) is 0. The molecule has 0 amide bonds. The lowest BCUT2D eigenvalue weighted by molar-refractivity contribution is -0.394. The lowest BCUT2D eigenvalue weighted by atomic mass is 10.1. The summed E-state index contributed by atoms with van der Waals surface area (Å²) in [6.45, 7) is 1.85. The Kier molecular flexibility index (Phi) is 3.94. The maximum absolute atomic E-state index is 10.7. The zero-order valence-corrected chi connectivity index (χ0v) is 10.0. The predicted molar refractivity (Wildman–Crippen MR) is 61.8 cm³/mol. The van der Waals surface area contributed by atoms with Crippen molar-refractivity contribution < 1.29 is 9.85 Å². The Morgan fingerprint density at radius 1 is 1.31 bits per heavy atom. The summed E-state index contributed by atoms with van der Waals surface area (Å²) in [4.78, 5) is 20.1. The maximum Gasteiger partial charge on any atom is 0.279 e. The molecule has 0 bridgehead atoms. The first-order valence-electron chi connectivity index (χ1n) is 4.47. The molecule has 1 atom stereocenters. The van der Waals surface area contributed by atoms with Gasteiger partial charge >= 0.3 is 0 Å². The number of halogens is 1. The summed E-state index contributed by atoms with van der Waals surface area (Å²) in [7, 11) is 0. The number of nitro groups is 2. The van der Waals surface area contributed by atoms with Crippen molar-refractivity contribution in [2.24, 2.45) is 0 Å². The van der Waals surface area contributed by atoms with Crippen molar-refractivity contribution in [3.8, 4) is 0 Å². The fraction of sp³-hybridized carbons (Fsp3) is 0.333. The lowest BCUT2D eigenvalue weighted by Crippen LogP contribution is -2.02. The number of alkyl halides is 1. The Bertz CT molecular complexity index is 434. The predicted octanol–water partition coefficient (Wildman–Crippen LogP) is 2.83. The second-order valence-electron chi connectivity index (χ2n) is 3.31. The minimum atomic E-state index is -0.645. The van der Waals surface area contributed by atoms with Crippen LogP contribution in [0.5, 0.6) is 0 Å². The molecule has 0 aliphatic rings. The summed E-state index contributed by atoms with van der Waals surface area (Å²) in [6.07, 6.45) is 0.453. The smallest absolute Gasteiger partial charge is 0.258 e. The van der Waals surface area contributed by atoms with Gasteiger partial charge in [0.1, 0.15) is 0 Å². The molecule has 1 aromatic carbocycles. The molecular weight excluding hydrogens is 280 g/mol. The Labute approximate surface area is 99.7 Å². The molecule has 0 heterocycles. The van der Waals surface area contributed by atoms with Crippen molar-refractivity contribution in [3.63, 3.8) is 0 Å². The van der Waals surface area contributed by atoms with E-state index in [9.17, 15) is 20.2 Å². The van der Waals surface area contributed by atoms with Crippen LogP contribution in [0.3, 0.4) is 0 Å². The molecule has 1 unspecified atom stereocenters. The van der Waals surface area contributed by atoms with Crippen LogP contribution in [-0.2, 0) is 6.42 Å². The topological polar surface area (TPSA) is 86.3 Å². The molecule has 16 heavy (non-hydrogen) atoms. The van der Waals surface area contributed by atoms with Gasteiger partial charge in [0.2, 0.25) is 0 Å². The van der Waals surface area contributed by atoms with Crippen LogP contribution in [-0.4, -0.2) is 14.7 Å². The molecular formula is C9H9BrN2O4. The van der Waals surface area contributed by atoms with Crippen LogP contribution < -0.4 is 0 Å². The molecule has 0 saturated heterocycles. The number of nitro benzene ring substituents is 2. The van der Waals surface area contributed by atoms with E-state index in [2.05, 4.69) is 15.9 Å². The molecule has 0 aliphatic heterocycles. The Morgan fingerprint density at radius 3 is 2.38 bits per heavy atom. The largest absolute Gasteiger partial charge is 0.279 e. The van der Waals surface area contributed by atoms with Crippen molar-refractivity contribution in [1.82, 2.24) is 0 Å². The van der Waals surface area contributed by atoms with E-state index in [1.54, 1.807) is 0 Å². The quantitative estimate of drug-likeness (QED) is 0.484. The van der Waals surface area contributed by atoms with Gasteiger partial charge in [-0.3, -0.25) is 20.2 Å². The van der Waals surface area contributed by atoms with Gasteiger partial charge in [0, 0.05) is 16.5 Å². The minimum absolute atomic E-state index is 0.0765. The summed E-state index contributed by atoms with van der Waals surface area (Å²) in [5.41, 5.74) is 0.0122. The van der Waals surface area contributed by atoms with Crippen LogP contribution in [0.25, 0.3) is 0 Å². The average Bonchev–Trinajstić information content (AvgIpc) is 2.16. The molecule has 7 heteroatoms. The molecule has 0 N–H and O–H groups in total. The van der Waals surface area contributed by atoms with Crippen LogP contribution in [0, 0.1) is 20.2 Å². The van der Waals surface area contributed by atoms with Crippen LogP contribution in [0.4, 0.5) is 11.4 Å². The van der Waals surface area contributed by atoms with E-state index in [1.807, 2.05) is 6.92 Å². The second kappa shape index (κ2) is 5.02. The summed E-state index contributed by atoms with van der Waals surface area (Å²) in [5, 5.41) is 21.2. The highest BCUT2D eigenvalue weighted by atomic mass is 79.9.